The Morgan fingerprint density at radius 3 is 2.55 bits per heavy atom. The molecular formula is C13H15BrFNO4. The summed E-state index contributed by atoms with van der Waals surface area (Å²) in [5, 5.41) is 0. The molecule has 7 heteroatoms. The van der Waals surface area contributed by atoms with E-state index in [9.17, 15) is 14.0 Å². The highest BCUT2D eigenvalue weighted by molar-refractivity contribution is 9.10. The van der Waals surface area contributed by atoms with Crippen LogP contribution in [0, 0.1) is 11.2 Å². The largest absolute Gasteiger partial charge is 0.469 e. The van der Waals surface area contributed by atoms with E-state index in [1.54, 1.807) is 13.8 Å². The molecule has 0 aliphatic heterocycles. The summed E-state index contributed by atoms with van der Waals surface area (Å²) < 4.78 is 23.1. The molecular weight excluding hydrogens is 333 g/mol. The predicted molar refractivity (Wildman–Crippen MR) is 74.6 cm³/mol. The van der Waals surface area contributed by atoms with Crippen molar-refractivity contribution in [2.24, 2.45) is 5.41 Å². The van der Waals surface area contributed by atoms with E-state index in [0.717, 1.165) is 6.07 Å². The van der Waals surface area contributed by atoms with Crippen molar-refractivity contribution in [1.29, 1.82) is 0 Å². The van der Waals surface area contributed by atoms with Gasteiger partial charge in [-0.15, -0.1) is 0 Å². The van der Waals surface area contributed by atoms with Gasteiger partial charge in [-0.05, 0) is 41.9 Å². The van der Waals surface area contributed by atoms with Crippen LogP contribution in [0.5, 0.6) is 0 Å². The first kappa shape index (κ1) is 16.4. The SMILES string of the molecule is COC(=O)C(C)(C)COC(=O)c1cc(N)c(F)cc1Br. The second-order valence-electron chi connectivity index (χ2n) is 4.81. The second-order valence-corrected chi connectivity index (χ2v) is 5.66. The lowest BCUT2D eigenvalue weighted by molar-refractivity contribution is -0.152. The van der Waals surface area contributed by atoms with Gasteiger partial charge in [-0.2, -0.15) is 0 Å². The van der Waals surface area contributed by atoms with Crippen LogP contribution in [0.25, 0.3) is 0 Å². The number of carbonyl (C=O) groups is 2. The molecule has 0 heterocycles. The number of esters is 2. The molecule has 1 rings (SSSR count). The quantitative estimate of drug-likeness (QED) is 0.668. The predicted octanol–water partition coefficient (Wildman–Crippen LogP) is 2.53. The molecule has 0 aliphatic rings. The number of nitrogens with two attached hydrogens (primary N) is 1. The summed E-state index contributed by atoms with van der Waals surface area (Å²) in [5.74, 6) is -1.84. The molecule has 1 aromatic rings. The van der Waals surface area contributed by atoms with Gasteiger partial charge in [-0.1, -0.05) is 0 Å². The molecule has 0 fully saturated rings. The Hall–Kier alpha value is -1.63. The van der Waals surface area contributed by atoms with Crippen molar-refractivity contribution in [2.45, 2.75) is 13.8 Å². The average molecular weight is 348 g/mol. The molecule has 0 aromatic heterocycles. The van der Waals surface area contributed by atoms with Crippen LogP contribution in [-0.4, -0.2) is 25.7 Å². The second kappa shape index (κ2) is 6.21. The Kier molecular flexibility index (Phi) is 5.10. The summed E-state index contributed by atoms with van der Waals surface area (Å²) in [7, 11) is 1.25. The smallest absolute Gasteiger partial charge is 0.339 e. The van der Waals surface area contributed by atoms with Crippen molar-refractivity contribution in [1.82, 2.24) is 0 Å². The zero-order chi connectivity index (χ0) is 15.5. The highest BCUT2D eigenvalue weighted by atomic mass is 79.9. The summed E-state index contributed by atoms with van der Waals surface area (Å²) in [6.07, 6.45) is 0. The van der Waals surface area contributed by atoms with E-state index in [2.05, 4.69) is 20.7 Å². The molecule has 0 saturated carbocycles. The van der Waals surface area contributed by atoms with Crippen molar-refractivity contribution in [3.05, 3.63) is 28.0 Å². The van der Waals surface area contributed by atoms with Crippen LogP contribution in [0.3, 0.4) is 0 Å². The van der Waals surface area contributed by atoms with Gasteiger partial charge in [0.1, 0.15) is 12.4 Å². The van der Waals surface area contributed by atoms with Gasteiger partial charge in [0.25, 0.3) is 0 Å². The summed E-state index contributed by atoms with van der Waals surface area (Å²) in [6, 6.07) is 2.25. The van der Waals surface area contributed by atoms with Gasteiger partial charge in [0.05, 0.1) is 23.8 Å². The Morgan fingerprint density at radius 1 is 1.40 bits per heavy atom. The van der Waals surface area contributed by atoms with Gasteiger partial charge in [0, 0.05) is 4.47 Å². The number of benzene rings is 1. The third-order valence-electron chi connectivity index (χ3n) is 2.61. The lowest BCUT2D eigenvalue weighted by atomic mass is 9.95. The Bertz CT molecular complexity index is 545. The fourth-order valence-corrected chi connectivity index (χ4v) is 1.86. The van der Waals surface area contributed by atoms with Crippen LogP contribution in [0.4, 0.5) is 10.1 Å². The molecule has 0 amide bonds. The van der Waals surface area contributed by atoms with Gasteiger partial charge < -0.3 is 15.2 Å². The maximum atomic E-state index is 13.2. The first-order valence-corrected chi connectivity index (χ1v) is 6.48. The third kappa shape index (κ3) is 3.69. The van der Waals surface area contributed by atoms with E-state index in [4.69, 9.17) is 10.5 Å². The van der Waals surface area contributed by atoms with Gasteiger partial charge in [-0.3, -0.25) is 4.79 Å². The lowest BCUT2D eigenvalue weighted by Crippen LogP contribution is -2.32. The minimum atomic E-state index is -0.970. The van der Waals surface area contributed by atoms with Crippen molar-refractivity contribution in [3.63, 3.8) is 0 Å². The number of carbonyl (C=O) groups excluding carboxylic acids is 2. The molecule has 2 N–H and O–H groups in total. The van der Waals surface area contributed by atoms with E-state index in [1.165, 1.54) is 13.2 Å². The first-order valence-electron chi connectivity index (χ1n) is 5.69. The van der Waals surface area contributed by atoms with Crippen molar-refractivity contribution < 1.29 is 23.5 Å². The summed E-state index contributed by atoms with van der Waals surface area (Å²) >= 11 is 3.06. The number of nitrogen functional groups attached to an aromatic ring is 1. The first-order chi connectivity index (χ1) is 9.19. The fourth-order valence-electron chi connectivity index (χ4n) is 1.38. The van der Waals surface area contributed by atoms with Gasteiger partial charge >= 0.3 is 11.9 Å². The van der Waals surface area contributed by atoms with E-state index < -0.39 is 23.2 Å². The topological polar surface area (TPSA) is 78.6 Å². The number of anilines is 1. The summed E-state index contributed by atoms with van der Waals surface area (Å²) in [6.45, 7) is 3.00. The maximum absolute atomic E-state index is 13.2. The Balaban J connectivity index is 2.83. The maximum Gasteiger partial charge on any atom is 0.339 e. The third-order valence-corrected chi connectivity index (χ3v) is 3.26. The van der Waals surface area contributed by atoms with E-state index in [0.29, 0.717) is 0 Å². The van der Waals surface area contributed by atoms with Gasteiger partial charge in [0.2, 0.25) is 0 Å². The Morgan fingerprint density at radius 2 is 2.00 bits per heavy atom. The van der Waals surface area contributed by atoms with Crippen molar-refractivity contribution in [3.8, 4) is 0 Å². The van der Waals surface area contributed by atoms with E-state index >= 15 is 0 Å². The molecule has 0 spiro atoms. The van der Waals surface area contributed by atoms with Crippen LogP contribution in [-0.2, 0) is 14.3 Å². The number of methoxy groups -OCH3 is 1. The molecule has 0 unspecified atom stereocenters. The van der Waals surface area contributed by atoms with Crippen LogP contribution in [0.2, 0.25) is 0 Å². The van der Waals surface area contributed by atoms with Crippen molar-refractivity contribution in [2.75, 3.05) is 19.5 Å². The zero-order valence-corrected chi connectivity index (χ0v) is 12.9. The number of hydrogen-bond acceptors (Lipinski definition) is 5. The average Bonchev–Trinajstić information content (AvgIpc) is 2.39. The molecule has 20 heavy (non-hydrogen) atoms. The molecule has 0 aliphatic carbocycles. The number of hydrogen-bond donors (Lipinski definition) is 1. The van der Waals surface area contributed by atoms with Gasteiger partial charge in [-0.25, -0.2) is 9.18 Å². The summed E-state index contributed by atoms with van der Waals surface area (Å²) in [5.41, 5.74) is 4.36. The summed E-state index contributed by atoms with van der Waals surface area (Å²) in [4.78, 5) is 23.4. The minimum Gasteiger partial charge on any atom is -0.469 e. The normalized spacial score (nSPS) is 11.1. The Labute approximate surface area is 124 Å². The molecule has 0 saturated heterocycles. The standard InChI is InChI=1S/C13H15BrFNO4/c1-13(2,12(18)19-3)6-20-11(17)7-4-10(16)9(15)5-8(7)14/h4-5H,6,16H2,1-3H3. The molecule has 0 bridgehead atoms. The molecule has 0 radical (unpaired) electrons. The van der Waals surface area contributed by atoms with Crippen molar-refractivity contribution >= 4 is 33.6 Å². The number of rotatable bonds is 4. The molecule has 1 aromatic carbocycles. The van der Waals surface area contributed by atoms with Crippen LogP contribution < -0.4 is 5.73 Å². The molecule has 110 valence electrons. The lowest BCUT2D eigenvalue weighted by Gasteiger charge is -2.21. The van der Waals surface area contributed by atoms with Gasteiger partial charge in [0.15, 0.2) is 0 Å². The highest BCUT2D eigenvalue weighted by Gasteiger charge is 2.31. The number of halogens is 2. The zero-order valence-electron chi connectivity index (χ0n) is 11.3. The fraction of sp³-hybridized carbons (Fsp3) is 0.385. The van der Waals surface area contributed by atoms with E-state index in [-0.39, 0.29) is 22.3 Å². The highest BCUT2D eigenvalue weighted by Crippen LogP contribution is 2.25. The van der Waals surface area contributed by atoms with Crippen LogP contribution in [0.15, 0.2) is 16.6 Å². The number of ether oxygens (including phenoxy) is 2. The minimum absolute atomic E-state index is 0.0876. The van der Waals surface area contributed by atoms with E-state index in [1.807, 2.05) is 0 Å². The molecule has 5 nitrogen and oxygen atoms in total. The monoisotopic (exact) mass is 347 g/mol. The van der Waals surface area contributed by atoms with Crippen LogP contribution in [0.1, 0.15) is 24.2 Å². The van der Waals surface area contributed by atoms with Crippen LogP contribution >= 0.6 is 15.9 Å². The molecule has 0 atom stereocenters.